The lowest BCUT2D eigenvalue weighted by Crippen LogP contribution is -1.96. The third-order valence-corrected chi connectivity index (χ3v) is 3.74. The third kappa shape index (κ3) is 2.68. The second kappa shape index (κ2) is 5.63. The molecule has 1 atom stereocenters. The highest BCUT2D eigenvalue weighted by molar-refractivity contribution is 6.21. The Morgan fingerprint density at radius 3 is 2.60 bits per heavy atom. The Hall–Kier alpha value is -1.87. The molecule has 3 nitrogen and oxygen atoms in total. The summed E-state index contributed by atoms with van der Waals surface area (Å²) in [5.41, 5.74) is 2.20. The van der Waals surface area contributed by atoms with E-state index in [-0.39, 0.29) is 12.2 Å². The number of ether oxygens (including phenoxy) is 3. The molecule has 2 aromatic rings. The molecule has 2 aromatic carbocycles. The van der Waals surface area contributed by atoms with Crippen molar-refractivity contribution in [2.45, 2.75) is 11.8 Å². The molecule has 1 heterocycles. The summed E-state index contributed by atoms with van der Waals surface area (Å²) >= 11 is 6.49. The van der Waals surface area contributed by atoms with E-state index in [4.69, 9.17) is 25.8 Å². The van der Waals surface area contributed by atoms with Crippen LogP contribution in [0, 0.1) is 0 Å². The molecule has 1 aliphatic heterocycles. The van der Waals surface area contributed by atoms with Crippen molar-refractivity contribution in [3.8, 4) is 17.2 Å². The van der Waals surface area contributed by atoms with Crippen molar-refractivity contribution in [1.29, 1.82) is 0 Å². The topological polar surface area (TPSA) is 27.7 Å². The van der Waals surface area contributed by atoms with Gasteiger partial charge in [-0.3, -0.25) is 0 Å². The molecule has 3 rings (SSSR count). The minimum absolute atomic E-state index is 0.0992. The van der Waals surface area contributed by atoms with Gasteiger partial charge in [-0.25, -0.2) is 0 Å². The standard InChI is InChI=1S/C16H15ClO3/c1-18-13-5-2-11(3-6-13)8-14(17)12-4-7-15-16(9-12)20-10-19-15/h2-7,9,14H,8,10H2,1H3. The molecule has 0 fully saturated rings. The fraction of sp³-hybridized carbons (Fsp3) is 0.250. The number of alkyl halides is 1. The largest absolute Gasteiger partial charge is 0.497 e. The molecular weight excluding hydrogens is 276 g/mol. The van der Waals surface area contributed by atoms with Gasteiger partial charge < -0.3 is 14.2 Å². The molecule has 1 unspecified atom stereocenters. The predicted molar refractivity (Wildman–Crippen MR) is 77.9 cm³/mol. The van der Waals surface area contributed by atoms with Crippen molar-refractivity contribution < 1.29 is 14.2 Å². The van der Waals surface area contributed by atoms with E-state index in [1.54, 1.807) is 7.11 Å². The van der Waals surface area contributed by atoms with Gasteiger partial charge in [0.2, 0.25) is 6.79 Å². The van der Waals surface area contributed by atoms with Gasteiger partial charge in [-0.15, -0.1) is 11.6 Å². The van der Waals surface area contributed by atoms with Crippen molar-refractivity contribution >= 4 is 11.6 Å². The number of fused-ring (bicyclic) bond motifs is 1. The van der Waals surface area contributed by atoms with E-state index in [0.29, 0.717) is 0 Å². The van der Waals surface area contributed by atoms with Gasteiger partial charge >= 0.3 is 0 Å². The van der Waals surface area contributed by atoms with Gasteiger partial charge in [-0.05, 0) is 41.8 Å². The van der Waals surface area contributed by atoms with Crippen molar-refractivity contribution in [3.05, 3.63) is 53.6 Å². The van der Waals surface area contributed by atoms with Gasteiger partial charge in [0.05, 0.1) is 12.5 Å². The highest BCUT2D eigenvalue weighted by atomic mass is 35.5. The Labute approximate surface area is 123 Å². The van der Waals surface area contributed by atoms with Gasteiger partial charge in [0, 0.05) is 0 Å². The maximum Gasteiger partial charge on any atom is 0.231 e. The molecule has 0 aromatic heterocycles. The maximum atomic E-state index is 6.49. The molecule has 1 aliphatic rings. The average Bonchev–Trinajstić information content (AvgIpc) is 2.95. The fourth-order valence-electron chi connectivity index (χ4n) is 2.19. The van der Waals surface area contributed by atoms with Gasteiger partial charge in [0.15, 0.2) is 11.5 Å². The van der Waals surface area contributed by atoms with Crippen LogP contribution in [0.1, 0.15) is 16.5 Å². The zero-order valence-corrected chi connectivity index (χ0v) is 11.9. The Balaban J connectivity index is 1.73. The van der Waals surface area contributed by atoms with Crippen LogP contribution in [0.25, 0.3) is 0 Å². The SMILES string of the molecule is COc1ccc(CC(Cl)c2ccc3c(c2)OCO3)cc1. The smallest absolute Gasteiger partial charge is 0.231 e. The van der Waals surface area contributed by atoms with E-state index < -0.39 is 0 Å². The van der Waals surface area contributed by atoms with Gasteiger partial charge in [-0.2, -0.15) is 0 Å². The van der Waals surface area contributed by atoms with Crippen LogP contribution in [0.3, 0.4) is 0 Å². The predicted octanol–water partition coefficient (Wildman–Crippen LogP) is 3.95. The summed E-state index contributed by atoms with van der Waals surface area (Å²) in [7, 11) is 1.66. The molecule has 0 spiro atoms. The van der Waals surface area contributed by atoms with Crippen molar-refractivity contribution in [3.63, 3.8) is 0 Å². The highest BCUT2D eigenvalue weighted by Gasteiger charge is 2.17. The summed E-state index contributed by atoms with van der Waals surface area (Å²) in [4.78, 5) is 0. The highest BCUT2D eigenvalue weighted by Crippen LogP contribution is 2.36. The molecule has 0 amide bonds. The molecule has 0 aliphatic carbocycles. The first kappa shape index (κ1) is 13.1. The van der Waals surface area contributed by atoms with E-state index in [2.05, 4.69) is 0 Å². The van der Waals surface area contributed by atoms with Crippen LogP contribution in [-0.4, -0.2) is 13.9 Å². The van der Waals surface area contributed by atoms with Gasteiger partial charge in [-0.1, -0.05) is 18.2 Å². The van der Waals surface area contributed by atoms with Crippen LogP contribution < -0.4 is 14.2 Å². The number of hydrogen-bond acceptors (Lipinski definition) is 3. The summed E-state index contributed by atoms with van der Waals surface area (Å²) in [6.07, 6.45) is 0.755. The summed E-state index contributed by atoms with van der Waals surface area (Å²) in [6.45, 7) is 0.282. The van der Waals surface area contributed by atoms with Crippen LogP contribution in [0.2, 0.25) is 0 Å². The molecule has 4 heteroatoms. The van der Waals surface area contributed by atoms with Crippen molar-refractivity contribution in [1.82, 2.24) is 0 Å². The molecule has 0 saturated carbocycles. The van der Waals surface area contributed by atoms with E-state index in [9.17, 15) is 0 Å². The molecule has 0 radical (unpaired) electrons. The summed E-state index contributed by atoms with van der Waals surface area (Å²) in [5, 5.41) is -0.0992. The first-order valence-electron chi connectivity index (χ1n) is 6.43. The van der Waals surface area contributed by atoms with Gasteiger partial charge in [0.25, 0.3) is 0 Å². The lowest BCUT2D eigenvalue weighted by molar-refractivity contribution is 0.174. The van der Waals surface area contributed by atoms with E-state index in [1.807, 2.05) is 42.5 Å². The Morgan fingerprint density at radius 2 is 1.85 bits per heavy atom. The lowest BCUT2D eigenvalue weighted by atomic mass is 10.0. The first-order valence-corrected chi connectivity index (χ1v) is 6.86. The monoisotopic (exact) mass is 290 g/mol. The molecular formula is C16H15ClO3. The maximum absolute atomic E-state index is 6.49. The molecule has 0 N–H and O–H groups in total. The fourth-order valence-corrected chi connectivity index (χ4v) is 2.51. The van der Waals surface area contributed by atoms with E-state index in [1.165, 1.54) is 5.56 Å². The summed E-state index contributed by atoms with van der Waals surface area (Å²) in [5.74, 6) is 2.40. The van der Waals surface area contributed by atoms with Crippen LogP contribution in [0.15, 0.2) is 42.5 Å². The second-order valence-electron chi connectivity index (χ2n) is 4.63. The molecule has 0 bridgehead atoms. The minimum atomic E-state index is -0.0992. The van der Waals surface area contributed by atoms with Gasteiger partial charge in [0.1, 0.15) is 5.75 Å². The van der Waals surface area contributed by atoms with Crippen molar-refractivity contribution in [2.75, 3.05) is 13.9 Å². The number of rotatable bonds is 4. The Kier molecular flexibility index (Phi) is 3.70. The first-order chi connectivity index (χ1) is 9.76. The average molecular weight is 291 g/mol. The lowest BCUT2D eigenvalue weighted by Gasteiger charge is -2.11. The second-order valence-corrected chi connectivity index (χ2v) is 5.16. The van der Waals surface area contributed by atoms with E-state index in [0.717, 1.165) is 29.2 Å². The molecule has 0 saturated heterocycles. The Morgan fingerprint density at radius 1 is 1.10 bits per heavy atom. The number of methoxy groups -OCH3 is 1. The zero-order valence-electron chi connectivity index (χ0n) is 11.1. The van der Waals surface area contributed by atoms with Crippen LogP contribution in [0.5, 0.6) is 17.2 Å². The minimum Gasteiger partial charge on any atom is -0.497 e. The quantitative estimate of drug-likeness (QED) is 0.798. The van der Waals surface area contributed by atoms with Crippen LogP contribution in [-0.2, 0) is 6.42 Å². The number of hydrogen-bond donors (Lipinski definition) is 0. The Bertz CT molecular complexity index is 595. The summed E-state index contributed by atoms with van der Waals surface area (Å²) in [6, 6.07) is 13.8. The molecule has 20 heavy (non-hydrogen) atoms. The normalized spacial score (nSPS) is 14.1. The van der Waals surface area contributed by atoms with Crippen LogP contribution in [0.4, 0.5) is 0 Å². The third-order valence-electron chi connectivity index (χ3n) is 3.33. The van der Waals surface area contributed by atoms with E-state index >= 15 is 0 Å². The molecule has 104 valence electrons. The van der Waals surface area contributed by atoms with Crippen LogP contribution >= 0.6 is 11.6 Å². The summed E-state index contributed by atoms with van der Waals surface area (Å²) < 4.78 is 15.8. The number of halogens is 1. The zero-order chi connectivity index (χ0) is 13.9. The van der Waals surface area contributed by atoms with Crippen molar-refractivity contribution in [2.24, 2.45) is 0 Å². The number of benzene rings is 2.